The Bertz CT molecular complexity index is 175. The van der Waals surface area contributed by atoms with Crippen LogP contribution in [0.15, 0.2) is 0 Å². The summed E-state index contributed by atoms with van der Waals surface area (Å²) in [6.07, 6.45) is 0. The van der Waals surface area contributed by atoms with Crippen molar-refractivity contribution < 1.29 is 14.3 Å². The highest BCUT2D eigenvalue weighted by Crippen LogP contribution is 2.18. The van der Waals surface area contributed by atoms with E-state index in [-0.39, 0.29) is 5.88 Å². The summed E-state index contributed by atoms with van der Waals surface area (Å²) in [6, 6.07) is 0. The topological polar surface area (TPSA) is 43.4 Å². The van der Waals surface area contributed by atoms with Gasteiger partial charge in [-0.15, -0.1) is 11.6 Å². The Morgan fingerprint density at radius 1 is 1.45 bits per heavy atom. The van der Waals surface area contributed by atoms with Crippen LogP contribution in [0, 0.1) is 5.41 Å². The standard InChI is InChI=1S/C7H11ClO3/c1-7(2,4-8)5(9)6(10)11-3/h4H2,1-3H3. The lowest BCUT2D eigenvalue weighted by Gasteiger charge is -2.16. The van der Waals surface area contributed by atoms with Crippen LogP contribution in [0.1, 0.15) is 13.8 Å². The summed E-state index contributed by atoms with van der Waals surface area (Å²) >= 11 is 5.46. The maximum Gasteiger partial charge on any atom is 0.374 e. The van der Waals surface area contributed by atoms with Crippen LogP contribution in [0.25, 0.3) is 0 Å². The highest BCUT2D eigenvalue weighted by molar-refractivity contribution is 6.37. The third-order valence-corrected chi connectivity index (χ3v) is 1.99. The molecule has 0 N–H and O–H groups in total. The fraction of sp³-hybridized carbons (Fsp3) is 0.714. The average Bonchev–Trinajstić information content (AvgIpc) is 2.01. The van der Waals surface area contributed by atoms with E-state index in [0.29, 0.717) is 0 Å². The molecular weight excluding hydrogens is 168 g/mol. The van der Waals surface area contributed by atoms with E-state index in [1.54, 1.807) is 13.8 Å². The number of ether oxygens (including phenoxy) is 1. The van der Waals surface area contributed by atoms with E-state index >= 15 is 0 Å². The van der Waals surface area contributed by atoms with Crippen LogP contribution in [-0.4, -0.2) is 24.7 Å². The Morgan fingerprint density at radius 3 is 2.18 bits per heavy atom. The van der Waals surface area contributed by atoms with Gasteiger partial charge in [-0.1, -0.05) is 13.8 Å². The summed E-state index contributed by atoms with van der Waals surface area (Å²) in [7, 11) is 1.17. The van der Waals surface area contributed by atoms with Gasteiger partial charge in [0.15, 0.2) is 0 Å². The fourth-order valence-electron chi connectivity index (χ4n) is 0.430. The summed E-state index contributed by atoms with van der Waals surface area (Å²) in [6.45, 7) is 3.19. The molecule has 0 rings (SSSR count). The third-order valence-electron chi connectivity index (χ3n) is 1.32. The van der Waals surface area contributed by atoms with Gasteiger partial charge in [-0.3, -0.25) is 4.79 Å². The van der Waals surface area contributed by atoms with Crippen molar-refractivity contribution in [1.29, 1.82) is 0 Å². The van der Waals surface area contributed by atoms with Gasteiger partial charge in [0.2, 0.25) is 5.78 Å². The molecule has 0 unspecified atom stereocenters. The molecule has 0 bridgehead atoms. The lowest BCUT2D eigenvalue weighted by Crippen LogP contribution is -2.33. The zero-order valence-electron chi connectivity index (χ0n) is 6.81. The largest absolute Gasteiger partial charge is 0.463 e. The molecule has 0 aromatic rings. The molecule has 0 fully saturated rings. The highest BCUT2D eigenvalue weighted by atomic mass is 35.5. The van der Waals surface area contributed by atoms with Crippen LogP contribution in [0.3, 0.4) is 0 Å². The van der Waals surface area contributed by atoms with E-state index in [2.05, 4.69) is 4.74 Å². The summed E-state index contributed by atoms with van der Waals surface area (Å²) < 4.78 is 4.25. The first kappa shape index (κ1) is 10.4. The molecular formula is C7H11ClO3. The molecule has 3 nitrogen and oxygen atoms in total. The molecule has 0 radical (unpaired) electrons. The Balaban J connectivity index is 4.36. The summed E-state index contributed by atoms with van der Waals surface area (Å²) in [5.74, 6) is -1.31. The van der Waals surface area contributed by atoms with Crippen molar-refractivity contribution in [2.75, 3.05) is 13.0 Å². The summed E-state index contributed by atoms with van der Waals surface area (Å²) in [5.41, 5.74) is -0.825. The van der Waals surface area contributed by atoms with E-state index in [0.717, 1.165) is 0 Å². The lowest BCUT2D eigenvalue weighted by atomic mass is 9.91. The van der Waals surface area contributed by atoms with E-state index in [9.17, 15) is 9.59 Å². The van der Waals surface area contributed by atoms with Gasteiger partial charge in [0, 0.05) is 11.3 Å². The molecule has 11 heavy (non-hydrogen) atoms. The average molecular weight is 179 g/mol. The molecule has 0 aromatic carbocycles. The van der Waals surface area contributed by atoms with Crippen molar-refractivity contribution in [2.45, 2.75) is 13.8 Å². The van der Waals surface area contributed by atoms with Gasteiger partial charge >= 0.3 is 5.97 Å². The minimum Gasteiger partial charge on any atom is -0.463 e. The zero-order valence-corrected chi connectivity index (χ0v) is 7.57. The number of methoxy groups -OCH3 is 1. The molecule has 0 aromatic heterocycles. The van der Waals surface area contributed by atoms with Gasteiger partial charge in [0.25, 0.3) is 0 Å². The van der Waals surface area contributed by atoms with Crippen LogP contribution in [0.4, 0.5) is 0 Å². The fourth-order valence-corrected chi connectivity index (χ4v) is 0.551. The Morgan fingerprint density at radius 2 is 1.91 bits per heavy atom. The highest BCUT2D eigenvalue weighted by Gasteiger charge is 2.32. The maximum atomic E-state index is 11.1. The second-order valence-electron chi connectivity index (χ2n) is 2.84. The van der Waals surface area contributed by atoms with Crippen LogP contribution in [0.2, 0.25) is 0 Å². The predicted octanol–water partition coefficient (Wildman–Crippen LogP) is 0.993. The molecule has 0 aliphatic rings. The molecule has 0 atom stereocenters. The SMILES string of the molecule is COC(=O)C(=O)C(C)(C)CCl. The van der Waals surface area contributed by atoms with Crippen molar-refractivity contribution in [3.63, 3.8) is 0 Å². The molecule has 0 aliphatic heterocycles. The molecule has 0 heterocycles. The Kier molecular flexibility index (Phi) is 3.52. The normalized spacial score (nSPS) is 10.9. The minimum absolute atomic E-state index is 0.112. The quantitative estimate of drug-likeness (QED) is 0.368. The Hall–Kier alpha value is -0.570. The summed E-state index contributed by atoms with van der Waals surface area (Å²) in [4.78, 5) is 21.8. The van der Waals surface area contributed by atoms with Gasteiger partial charge in [0.1, 0.15) is 0 Å². The molecule has 0 spiro atoms. The van der Waals surface area contributed by atoms with Crippen LogP contribution in [-0.2, 0) is 14.3 Å². The number of esters is 1. The van der Waals surface area contributed by atoms with Gasteiger partial charge in [0.05, 0.1) is 7.11 Å². The van der Waals surface area contributed by atoms with E-state index < -0.39 is 17.2 Å². The van der Waals surface area contributed by atoms with E-state index in [1.165, 1.54) is 7.11 Å². The van der Waals surface area contributed by atoms with Crippen molar-refractivity contribution in [1.82, 2.24) is 0 Å². The number of halogens is 1. The lowest BCUT2D eigenvalue weighted by molar-refractivity contribution is -0.155. The monoisotopic (exact) mass is 178 g/mol. The van der Waals surface area contributed by atoms with Crippen molar-refractivity contribution in [3.05, 3.63) is 0 Å². The molecule has 64 valence electrons. The number of hydrogen-bond donors (Lipinski definition) is 0. The van der Waals surface area contributed by atoms with E-state index in [1.807, 2.05) is 0 Å². The van der Waals surface area contributed by atoms with Crippen LogP contribution >= 0.6 is 11.6 Å². The number of carbonyl (C=O) groups is 2. The van der Waals surface area contributed by atoms with Crippen molar-refractivity contribution in [3.8, 4) is 0 Å². The second kappa shape index (κ2) is 3.72. The third kappa shape index (κ3) is 2.50. The minimum atomic E-state index is -0.837. The van der Waals surface area contributed by atoms with Gasteiger partial charge in [-0.05, 0) is 0 Å². The first-order chi connectivity index (χ1) is 4.95. The molecule has 0 saturated carbocycles. The molecule has 0 aliphatic carbocycles. The first-order valence-electron chi connectivity index (χ1n) is 3.14. The number of carbonyl (C=O) groups excluding carboxylic acids is 2. The molecule has 0 saturated heterocycles. The number of hydrogen-bond acceptors (Lipinski definition) is 3. The number of rotatable bonds is 3. The second-order valence-corrected chi connectivity index (χ2v) is 3.11. The van der Waals surface area contributed by atoms with Crippen LogP contribution < -0.4 is 0 Å². The first-order valence-corrected chi connectivity index (χ1v) is 3.68. The Labute approximate surface area is 70.7 Å². The van der Waals surface area contributed by atoms with Gasteiger partial charge in [-0.25, -0.2) is 4.79 Å². The number of Topliss-reactive ketones (excluding diaryl/α,β-unsaturated/α-hetero) is 1. The predicted molar refractivity (Wildman–Crippen MR) is 41.5 cm³/mol. The van der Waals surface area contributed by atoms with Gasteiger partial charge in [-0.2, -0.15) is 0 Å². The molecule has 4 heteroatoms. The van der Waals surface area contributed by atoms with Crippen LogP contribution in [0.5, 0.6) is 0 Å². The van der Waals surface area contributed by atoms with Gasteiger partial charge < -0.3 is 4.74 Å². The maximum absolute atomic E-state index is 11.1. The van der Waals surface area contributed by atoms with Crippen molar-refractivity contribution >= 4 is 23.4 Å². The number of ketones is 1. The van der Waals surface area contributed by atoms with Crippen molar-refractivity contribution in [2.24, 2.45) is 5.41 Å². The molecule has 0 amide bonds. The number of alkyl halides is 1. The zero-order chi connectivity index (χ0) is 9.07. The summed E-state index contributed by atoms with van der Waals surface area (Å²) in [5, 5.41) is 0. The smallest absolute Gasteiger partial charge is 0.374 e. The van der Waals surface area contributed by atoms with E-state index in [4.69, 9.17) is 11.6 Å².